The van der Waals surface area contributed by atoms with Gasteiger partial charge in [0.05, 0.1) is 26.1 Å². The van der Waals surface area contributed by atoms with E-state index in [1.54, 1.807) is 22.1 Å². The van der Waals surface area contributed by atoms with Crippen molar-refractivity contribution in [3.8, 4) is 10.4 Å². The first-order valence-corrected chi connectivity index (χ1v) is 15.7. The van der Waals surface area contributed by atoms with Crippen LogP contribution in [0.5, 0.6) is 0 Å². The van der Waals surface area contributed by atoms with Crippen LogP contribution in [-0.2, 0) is 21.6 Å². The number of aliphatic hydroxyl groups excluding tert-OH is 1. The van der Waals surface area contributed by atoms with Gasteiger partial charge in [0.15, 0.2) is 15.7 Å². The molecule has 0 spiro atoms. The summed E-state index contributed by atoms with van der Waals surface area (Å²) in [7, 11) is -1.56. The monoisotopic (exact) mass is 559 g/mol. The van der Waals surface area contributed by atoms with Crippen LogP contribution in [0.15, 0.2) is 35.4 Å². The molecule has 11 heteroatoms. The molecule has 2 aromatic heterocycles. The average molecular weight is 560 g/mol. The highest BCUT2D eigenvalue weighted by molar-refractivity contribution is 7.92. The number of hydrogen-bond donors (Lipinski definition) is 3. The lowest BCUT2D eigenvalue weighted by atomic mass is 9.86. The molecule has 1 unspecified atom stereocenters. The van der Waals surface area contributed by atoms with Crippen LogP contribution in [0.4, 0.5) is 11.5 Å². The first-order chi connectivity index (χ1) is 18.1. The molecule has 2 aliphatic rings. The third-order valence-electron chi connectivity index (χ3n) is 7.28. The van der Waals surface area contributed by atoms with E-state index in [1.165, 1.54) is 0 Å². The summed E-state index contributed by atoms with van der Waals surface area (Å²) in [6, 6.07) is 7.68. The van der Waals surface area contributed by atoms with Crippen LogP contribution in [0.3, 0.4) is 0 Å². The van der Waals surface area contributed by atoms with Gasteiger partial charge in [0, 0.05) is 48.2 Å². The second-order valence-electron chi connectivity index (χ2n) is 10.7. The van der Waals surface area contributed by atoms with Crippen molar-refractivity contribution in [2.75, 3.05) is 5.32 Å². The Kier molecular flexibility index (Phi) is 7.93. The molecular weight excluding hydrogens is 522 g/mol. The Morgan fingerprint density at radius 2 is 1.87 bits per heavy atom. The molecule has 5 rings (SSSR count). The van der Waals surface area contributed by atoms with Crippen molar-refractivity contribution in [1.29, 1.82) is 0 Å². The standard InChI is InChI=1S/C27H37N5O4S2/c1-16(2)36-27(33)30-19-7-5-18(6-8-19)26-28-15-23(37-26)22-12-9-20(29-25-13-17(3)32(4)31-25)14-24(22)38(34,35)21-10-11-21/h9,12-16,18-19,21,27,30,33H,5-8,10-11H2,1-4H3,(H,29,31)/t18-,19-,27?. The van der Waals surface area contributed by atoms with E-state index in [4.69, 9.17) is 9.72 Å². The van der Waals surface area contributed by atoms with Crippen molar-refractivity contribution in [2.45, 2.75) is 93.9 Å². The molecule has 3 aromatic rings. The normalized spacial score (nSPS) is 21.1. The van der Waals surface area contributed by atoms with Crippen LogP contribution in [0.25, 0.3) is 10.4 Å². The van der Waals surface area contributed by atoms with E-state index in [-0.39, 0.29) is 17.4 Å². The lowest BCUT2D eigenvalue weighted by Crippen LogP contribution is -2.42. The second kappa shape index (κ2) is 11.1. The minimum absolute atomic E-state index is 0.0414. The molecule has 2 fully saturated rings. The van der Waals surface area contributed by atoms with Crippen molar-refractivity contribution < 1.29 is 18.3 Å². The molecule has 9 nitrogen and oxygen atoms in total. The summed E-state index contributed by atoms with van der Waals surface area (Å²) in [5, 5.41) is 21.6. The molecule has 0 bridgehead atoms. The molecule has 0 saturated heterocycles. The Bertz CT molecular complexity index is 1350. The minimum atomic E-state index is -3.44. The quantitative estimate of drug-likeness (QED) is 0.302. The van der Waals surface area contributed by atoms with Gasteiger partial charge < -0.3 is 15.2 Å². The van der Waals surface area contributed by atoms with Crippen LogP contribution < -0.4 is 10.6 Å². The maximum absolute atomic E-state index is 13.5. The van der Waals surface area contributed by atoms with E-state index >= 15 is 0 Å². The third-order valence-corrected chi connectivity index (χ3v) is 10.8. The van der Waals surface area contributed by atoms with Gasteiger partial charge in [-0.25, -0.2) is 13.4 Å². The summed E-state index contributed by atoms with van der Waals surface area (Å²) in [5.74, 6) is 1.01. The largest absolute Gasteiger partial charge is 0.356 e. The summed E-state index contributed by atoms with van der Waals surface area (Å²) in [6.07, 6.45) is 6.01. The Hall–Kier alpha value is -2.31. The van der Waals surface area contributed by atoms with E-state index in [9.17, 15) is 13.5 Å². The Balaban J connectivity index is 1.33. The molecule has 2 aliphatic carbocycles. The van der Waals surface area contributed by atoms with Gasteiger partial charge in [-0.15, -0.1) is 11.3 Å². The number of aromatic nitrogens is 3. The predicted molar refractivity (Wildman–Crippen MR) is 149 cm³/mol. The van der Waals surface area contributed by atoms with Gasteiger partial charge >= 0.3 is 0 Å². The zero-order valence-corrected chi connectivity index (χ0v) is 24.0. The topological polar surface area (TPSA) is 118 Å². The molecule has 2 heterocycles. The highest BCUT2D eigenvalue weighted by atomic mass is 32.2. The number of nitrogens with one attached hydrogen (secondary N) is 2. The summed E-state index contributed by atoms with van der Waals surface area (Å²) < 4.78 is 34.1. The van der Waals surface area contributed by atoms with Crippen molar-refractivity contribution in [2.24, 2.45) is 7.05 Å². The Morgan fingerprint density at radius 3 is 2.50 bits per heavy atom. The van der Waals surface area contributed by atoms with Crippen molar-refractivity contribution in [3.05, 3.63) is 41.2 Å². The molecule has 1 atom stereocenters. The Labute approximate surface area is 228 Å². The molecular formula is C27H37N5O4S2. The lowest BCUT2D eigenvalue weighted by molar-refractivity contribution is -0.150. The Morgan fingerprint density at radius 1 is 1.13 bits per heavy atom. The first kappa shape index (κ1) is 27.3. The van der Waals surface area contributed by atoms with Gasteiger partial charge in [-0.3, -0.25) is 10.00 Å². The molecule has 3 N–H and O–H groups in total. The SMILES string of the molecule is Cc1cc(Nc2ccc(-c3cnc([C@H]4CC[C@H](NC(O)OC(C)C)CC4)s3)c(S(=O)(=O)C3CC3)c2)nn1C. The van der Waals surface area contributed by atoms with E-state index in [0.29, 0.717) is 40.7 Å². The van der Waals surface area contributed by atoms with Crippen molar-refractivity contribution >= 4 is 32.7 Å². The van der Waals surface area contributed by atoms with Crippen LogP contribution >= 0.6 is 11.3 Å². The van der Waals surface area contributed by atoms with Gasteiger partial charge in [-0.1, -0.05) is 6.07 Å². The number of sulfone groups is 1. The maximum Gasteiger partial charge on any atom is 0.213 e. The number of anilines is 2. The van der Waals surface area contributed by atoms with Crippen LogP contribution in [0.2, 0.25) is 0 Å². The third kappa shape index (κ3) is 6.12. The fraction of sp³-hybridized carbons (Fsp3) is 0.556. The lowest BCUT2D eigenvalue weighted by Gasteiger charge is -2.30. The van der Waals surface area contributed by atoms with E-state index in [0.717, 1.165) is 41.3 Å². The molecule has 1 aromatic carbocycles. The molecule has 0 aliphatic heterocycles. The number of nitrogens with zero attached hydrogens (tertiary/aromatic N) is 3. The fourth-order valence-corrected chi connectivity index (χ4v) is 8.06. The van der Waals surface area contributed by atoms with Gasteiger partial charge in [-0.2, -0.15) is 5.10 Å². The number of ether oxygens (including phenoxy) is 1. The number of rotatable bonds is 10. The highest BCUT2D eigenvalue weighted by Gasteiger charge is 2.39. The van der Waals surface area contributed by atoms with Gasteiger partial charge in [-0.05, 0) is 71.4 Å². The zero-order chi connectivity index (χ0) is 27.0. The number of aliphatic hydroxyl groups is 1. The second-order valence-corrected chi connectivity index (χ2v) is 13.9. The van der Waals surface area contributed by atoms with Gasteiger partial charge in [0.25, 0.3) is 0 Å². The van der Waals surface area contributed by atoms with E-state index in [1.807, 2.05) is 52.2 Å². The van der Waals surface area contributed by atoms with Gasteiger partial charge in [0.2, 0.25) is 6.41 Å². The van der Waals surface area contributed by atoms with E-state index in [2.05, 4.69) is 15.7 Å². The van der Waals surface area contributed by atoms with E-state index < -0.39 is 16.3 Å². The predicted octanol–water partition coefficient (Wildman–Crippen LogP) is 4.85. The zero-order valence-electron chi connectivity index (χ0n) is 22.3. The maximum atomic E-state index is 13.5. The molecule has 0 radical (unpaired) electrons. The fourth-order valence-electron chi connectivity index (χ4n) is 4.97. The smallest absolute Gasteiger partial charge is 0.213 e. The summed E-state index contributed by atoms with van der Waals surface area (Å²) in [4.78, 5) is 5.97. The number of aryl methyl sites for hydroxylation is 2. The number of hydrogen-bond acceptors (Lipinski definition) is 9. The van der Waals surface area contributed by atoms with Gasteiger partial charge in [0.1, 0.15) is 0 Å². The molecule has 38 heavy (non-hydrogen) atoms. The number of benzene rings is 1. The van der Waals surface area contributed by atoms with Crippen LogP contribution in [0.1, 0.15) is 69.0 Å². The molecule has 0 amide bonds. The first-order valence-electron chi connectivity index (χ1n) is 13.3. The summed E-state index contributed by atoms with van der Waals surface area (Å²) >= 11 is 1.59. The average Bonchev–Trinajstić information content (AvgIpc) is 3.54. The molecule has 2 saturated carbocycles. The minimum Gasteiger partial charge on any atom is -0.356 e. The van der Waals surface area contributed by atoms with Crippen molar-refractivity contribution in [3.63, 3.8) is 0 Å². The van der Waals surface area contributed by atoms with Crippen LogP contribution in [0, 0.1) is 6.92 Å². The number of thiazole rings is 1. The van der Waals surface area contributed by atoms with Crippen LogP contribution in [-0.4, -0.2) is 52.1 Å². The van der Waals surface area contributed by atoms with Crippen molar-refractivity contribution in [1.82, 2.24) is 20.1 Å². The summed E-state index contributed by atoms with van der Waals surface area (Å²) in [6.45, 7) is 5.77. The molecule has 206 valence electrons. The highest BCUT2D eigenvalue weighted by Crippen LogP contribution is 2.43. The summed E-state index contributed by atoms with van der Waals surface area (Å²) in [5.41, 5.74) is 2.43.